The molecule has 0 amide bonds. The second kappa shape index (κ2) is 7.20. The zero-order chi connectivity index (χ0) is 20.8. The van der Waals surface area contributed by atoms with E-state index in [2.05, 4.69) is 25.0 Å². The highest BCUT2D eigenvalue weighted by Gasteiger charge is 2.58. The lowest BCUT2D eigenvalue weighted by molar-refractivity contribution is 0.159. The fourth-order valence-electron chi connectivity index (χ4n) is 4.96. The number of halogens is 1. The molecular formula is C24H22FN5O. The van der Waals surface area contributed by atoms with Crippen LogP contribution in [0.4, 0.5) is 4.39 Å². The third kappa shape index (κ3) is 3.29. The quantitative estimate of drug-likeness (QED) is 0.486. The van der Waals surface area contributed by atoms with Gasteiger partial charge in [0.1, 0.15) is 5.82 Å². The fraction of sp³-hybridized carbons (Fsp3) is 0.333. The van der Waals surface area contributed by atoms with E-state index in [0.29, 0.717) is 17.1 Å². The molecule has 1 aliphatic carbocycles. The van der Waals surface area contributed by atoms with Gasteiger partial charge in [0.05, 0.1) is 5.52 Å². The van der Waals surface area contributed by atoms with E-state index in [4.69, 9.17) is 4.52 Å². The van der Waals surface area contributed by atoms with Gasteiger partial charge in [-0.25, -0.2) is 4.39 Å². The second-order valence-corrected chi connectivity index (χ2v) is 8.70. The summed E-state index contributed by atoms with van der Waals surface area (Å²) in [6, 6.07) is 10.8. The third-order valence-corrected chi connectivity index (χ3v) is 6.90. The van der Waals surface area contributed by atoms with Crippen LogP contribution in [0.25, 0.3) is 22.3 Å². The number of fused-ring (bicyclic) bond motifs is 1. The van der Waals surface area contributed by atoms with Gasteiger partial charge in [-0.2, -0.15) is 4.98 Å². The lowest BCUT2D eigenvalue weighted by Crippen LogP contribution is -2.34. The van der Waals surface area contributed by atoms with E-state index in [1.807, 2.05) is 18.2 Å². The number of benzene rings is 1. The number of likely N-dealkylation sites (tertiary alicyclic amines) is 1. The summed E-state index contributed by atoms with van der Waals surface area (Å²) in [5.74, 6) is 1.50. The van der Waals surface area contributed by atoms with Crippen molar-refractivity contribution >= 4 is 10.9 Å². The molecule has 6 rings (SSSR count). The van der Waals surface area contributed by atoms with Crippen LogP contribution >= 0.6 is 0 Å². The molecule has 0 radical (unpaired) electrons. The number of aromatic nitrogens is 4. The summed E-state index contributed by atoms with van der Waals surface area (Å²) in [4.78, 5) is 15.6. The molecule has 4 heterocycles. The van der Waals surface area contributed by atoms with Gasteiger partial charge in [-0.05, 0) is 73.7 Å². The standard InChI is InChI=1S/C24H22FN5O/c25-20-6-5-17(21-18(20)4-2-10-27-21)15-30-11-7-24(8-12-30)13-19(24)23-28-22(29-31-23)16-3-1-9-26-14-16/h1-6,9-10,14,19H,7-8,11-13,15H2. The Balaban J connectivity index is 1.13. The van der Waals surface area contributed by atoms with Gasteiger partial charge in [-0.15, -0.1) is 0 Å². The molecule has 6 nitrogen and oxygen atoms in total. The van der Waals surface area contributed by atoms with Crippen LogP contribution in [0, 0.1) is 11.2 Å². The van der Waals surface area contributed by atoms with Crippen LogP contribution in [0.5, 0.6) is 0 Å². The average molecular weight is 415 g/mol. The summed E-state index contributed by atoms with van der Waals surface area (Å²) in [6.07, 6.45) is 8.54. The van der Waals surface area contributed by atoms with Crippen molar-refractivity contribution in [1.82, 2.24) is 25.0 Å². The van der Waals surface area contributed by atoms with Gasteiger partial charge in [0.2, 0.25) is 11.7 Å². The average Bonchev–Trinajstić information content (AvgIpc) is 3.28. The molecule has 4 aromatic rings. The van der Waals surface area contributed by atoms with E-state index in [1.54, 1.807) is 36.8 Å². The van der Waals surface area contributed by atoms with Gasteiger partial charge in [0, 0.05) is 42.0 Å². The first kappa shape index (κ1) is 18.6. The summed E-state index contributed by atoms with van der Waals surface area (Å²) in [6.45, 7) is 2.80. The minimum atomic E-state index is -0.213. The van der Waals surface area contributed by atoms with E-state index in [9.17, 15) is 4.39 Å². The third-order valence-electron chi connectivity index (χ3n) is 6.90. The molecule has 7 heteroatoms. The maximum atomic E-state index is 14.1. The molecule has 1 atom stereocenters. The van der Waals surface area contributed by atoms with Crippen LogP contribution < -0.4 is 0 Å². The van der Waals surface area contributed by atoms with Crippen molar-refractivity contribution in [2.75, 3.05) is 13.1 Å². The Labute approximate surface area is 179 Å². The van der Waals surface area contributed by atoms with Crippen LogP contribution in [0.15, 0.2) is 59.5 Å². The van der Waals surface area contributed by atoms with Gasteiger partial charge < -0.3 is 4.52 Å². The van der Waals surface area contributed by atoms with Crippen molar-refractivity contribution in [3.8, 4) is 11.4 Å². The summed E-state index contributed by atoms with van der Waals surface area (Å²) in [5.41, 5.74) is 3.00. The van der Waals surface area contributed by atoms with Crippen LogP contribution in [-0.2, 0) is 6.54 Å². The molecular weight excluding hydrogens is 393 g/mol. The topological polar surface area (TPSA) is 67.9 Å². The molecule has 156 valence electrons. The molecule has 3 aromatic heterocycles. The van der Waals surface area contributed by atoms with Crippen molar-refractivity contribution in [2.45, 2.75) is 31.7 Å². The summed E-state index contributed by atoms with van der Waals surface area (Å²) >= 11 is 0. The van der Waals surface area contributed by atoms with Crippen molar-refractivity contribution in [3.63, 3.8) is 0 Å². The molecule has 1 spiro atoms. The number of pyridine rings is 2. The highest BCUT2D eigenvalue weighted by molar-refractivity contribution is 5.82. The van der Waals surface area contributed by atoms with E-state index < -0.39 is 0 Å². The fourth-order valence-corrected chi connectivity index (χ4v) is 4.96. The van der Waals surface area contributed by atoms with Crippen LogP contribution in [0.2, 0.25) is 0 Å². The van der Waals surface area contributed by atoms with E-state index in [-0.39, 0.29) is 11.2 Å². The number of piperidine rings is 1. The Hall–Kier alpha value is -3.19. The molecule has 1 saturated carbocycles. The lowest BCUT2D eigenvalue weighted by atomic mass is 9.90. The first-order valence-electron chi connectivity index (χ1n) is 10.7. The Bertz CT molecular complexity index is 1230. The maximum Gasteiger partial charge on any atom is 0.230 e. The zero-order valence-electron chi connectivity index (χ0n) is 17.0. The zero-order valence-corrected chi connectivity index (χ0v) is 17.0. The van der Waals surface area contributed by atoms with E-state index in [0.717, 1.165) is 61.4 Å². The van der Waals surface area contributed by atoms with Crippen molar-refractivity contribution in [2.24, 2.45) is 5.41 Å². The van der Waals surface area contributed by atoms with Crippen LogP contribution in [0.3, 0.4) is 0 Å². The number of rotatable bonds is 4. The number of hydrogen-bond donors (Lipinski definition) is 0. The van der Waals surface area contributed by atoms with Crippen molar-refractivity contribution < 1.29 is 8.91 Å². The predicted molar refractivity (Wildman–Crippen MR) is 114 cm³/mol. The Kier molecular flexibility index (Phi) is 4.31. The molecule has 0 N–H and O–H groups in total. The minimum Gasteiger partial charge on any atom is -0.339 e. The molecule has 0 bridgehead atoms. The van der Waals surface area contributed by atoms with Crippen molar-refractivity contribution in [3.05, 3.63) is 72.3 Å². The number of hydrogen-bond acceptors (Lipinski definition) is 6. The molecule has 1 saturated heterocycles. The summed E-state index contributed by atoms with van der Waals surface area (Å²) < 4.78 is 19.7. The monoisotopic (exact) mass is 415 g/mol. The maximum absolute atomic E-state index is 14.1. The van der Waals surface area contributed by atoms with Crippen molar-refractivity contribution in [1.29, 1.82) is 0 Å². The first-order valence-corrected chi connectivity index (χ1v) is 10.7. The number of nitrogens with zero attached hydrogens (tertiary/aromatic N) is 5. The molecule has 1 unspecified atom stereocenters. The first-order chi connectivity index (χ1) is 15.2. The Morgan fingerprint density at radius 3 is 2.81 bits per heavy atom. The largest absolute Gasteiger partial charge is 0.339 e. The summed E-state index contributed by atoms with van der Waals surface area (Å²) in [5, 5.41) is 4.75. The van der Waals surface area contributed by atoms with Gasteiger partial charge in [-0.3, -0.25) is 14.9 Å². The SMILES string of the molecule is Fc1ccc(CN2CCC3(CC2)CC3c2nc(-c3cccnc3)no2)c2ncccc12. The highest BCUT2D eigenvalue weighted by Crippen LogP contribution is 2.64. The summed E-state index contributed by atoms with van der Waals surface area (Å²) in [7, 11) is 0. The predicted octanol–water partition coefficient (Wildman–Crippen LogP) is 4.59. The molecule has 1 aromatic carbocycles. The van der Waals surface area contributed by atoms with Gasteiger partial charge >= 0.3 is 0 Å². The molecule has 2 aliphatic rings. The Morgan fingerprint density at radius 2 is 1.97 bits per heavy atom. The highest BCUT2D eigenvalue weighted by atomic mass is 19.1. The molecule has 1 aliphatic heterocycles. The van der Waals surface area contributed by atoms with Gasteiger partial charge in [-0.1, -0.05) is 11.2 Å². The Morgan fingerprint density at radius 1 is 1.10 bits per heavy atom. The van der Waals surface area contributed by atoms with E-state index in [1.165, 1.54) is 0 Å². The van der Waals surface area contributed by atoms with E-state index >= 15 is 0 Å². The second-order valence-electron chi connectivity index (χ2n) is 8.70. The smallest absolute Gasteiger partial charge is 0.230 e. The molecule has 31 heavy (non-hydrogen) atoms. The van der Waals surface area contributed by atoms with Crippen LogP contribution in [-0.4, -0.2) is 38.1 Å². The minimum absolute atomic E-state index is 0.213. The van der Waals surface area contributed by atoms with Gasteiger partial charge in [0.25, 0.3) is 0 Å². The normalized spacial score (nSPS) is 20.4. The molecule has 2 fully saturated rings. The van der Waals surface area contributed by atoms with Gasteiger partial charge in [0.15, 0.2) is 0 Å². The lowest BCUT2D eigenvalue weighted by Gasteiger charge is -2.32. The van der Waals surface area contributed by atoms with Crippen LogP contribution in [0.1, 0.15) is 36.6 Å².